The number of benzene rings is 1. The molecule has 0 saturated heterocycles. The van der Waals surface area contributed by atoms with Crippen LogP contribution in [0.2, 0.25) is 0 Å². The zero-order chi connectivity index (χ0) is 16.4. The van der Waals surface area contributed by atoms with Crippen molar-refractivity contribution in [2.24, 2.45) is 7.05 Å². The van der Waals surface area contributed by atoms with Crippen molar-refractivity contribution in [1.29, 1.82) is 0 Å². The maximum Gasteiger partial charge on any atom is 0.356 e. The second kappa shape index (κ2) is 6.05. The molecule has 0 aliphatic rings. The number of carboxylic acid groups (broad SMARTS) is 1. The van der Waals surface area contributed by atoms with Crippen LogP contribution in [0.15, 0.2) is 18.2 Å². The van der Waals surface area contributed by atoms with E-state index in [1.165, 1.54) is 30.0 Å². The van der Waals surface area contributed by atoms with Gasteiger partial charge in [-0.05, 0) is 26.0 Å². The third-order valence-electron chi connectivity index (χ3n) is 2.99. The number of methoxy groups -OCH3 is 1. The highest BCUT2D eigenvalue weighted by molar-refractivity contribution is 5.87. The van der Waals surface area contributed by atoms with Gasteiger partial charge in [0.25, 0.3) is 0 Å². The Labute approximate surface area is 127 Å². The van der Waals surface area contributed by atoms with E-state index in [0.29, 0.717) is 11.4 Å². The fraction of sp³-hybridized carbons (Fsp3) is 0.333. The van der Waals surface area contributed by atoms with Crippen LogP contribution in [-0.4, -0.2) is 34.1 Å². The molecule has 0 fully saturated rings. The molecule has 0 bridgehead atoms. The monoisotopic (exact) mass is 308 g/mol. The average molecular weight is 308 g/mol. The van der Waals surface area contributed by atoms with Gasteiger partial charge in [-0.25, -0.2) is 9.18 Å². The van der Waals surface area contributed by atoms with E-state index in [-0.39, 0.29) is 23.1 Å². The Hall–Kier alpha value is -2.57. The summed E-state index contributed by atoms with van der Waals surface area (Å²) < 4.78 is 26.3. The minimum absolute atomic E-state index is 0.117. The van der Waals surface area contributed by atoms with Crippen LogP contribution in [0.5, 0.6) is 11.5 Å². The van der Waals surface area contributed by atoms with Crippen LogP contribution >= 0.6 is 0 Å². The first-order chi connectivity index (χ1) is 10.3. The number of hydrogen-bond donors (Lipinski definition) is 1. The second-order valence-electron chi connectivity index (χ2n) is 4.99. The summed E-state index contributed by atoms with van der Waals surface area (Å²) in [6, 6.07) is 4.00. The van der Waals surface area contributed by atoms with E-state index in [9.17, 15) is 9.18 Å². The lowest BCUT2D eigenvalue weighted by Gasteiger charge is -2.15. The number of rotatable bonds is 5. The minimum Gasteiger partial charge on any atom is -0.493 e. The first kappa shape index (κ1) is 15.8. The van der Waals surface area contributed by atoms with Gasteiger partial charge in [0.1, 0.15) is 5.82 Å². The summed E-state index contributed by atoms with van der Waals surface area (Å²) >= 11 is 0. The number of hydrogen-bond acceptors (Lipinski definition) is 4. The van der Waals surface area contributed by atoms with Crippen molar-refractivity contribution in [2.75, 3.05) is 7.11 Å². The smallest absolute Gasteiger partial charge is 0.356 e. The lowest BCUT2D eigenvalue weighted by atomic mass is 10.1. The van der Waals surface area contributed by atoms with Crippen molar-refractivity contribution in [3.05, 3.63) is 29.7 Å². The molecule has 1 heterocycles. The maximum atomic E-state index is 14.3. The predicted molar refractivity (Wildman–Crippen MR) is 77.9 cm³/mol. The maximum absolute atomic E-state index is 14.3. The van der Waals surface area contributed by atoms with Gasteiger partial charge < -0.3 is 14.6 Å². The molecule has 6 nitrogen and oxygen atoms in total. The highest BCUT2D eigenvalue weighted by atomic mass is 19.1. The summed E-state index contributed by atoms with van der Waals surface area (Å²) in [5.74, 6) is -1.06. The fourth-order valence-corrected chi connectivity index (χ4v) is 2.06. The Morgan fingerprint density at radius 1 is 1.32 bits per heavy atom. The predicted octanol–water partition coefficient (Wildman–Crippen LogP) is 2.72. The second-order valence-corrected chi connectivity index (χ2v) is 4.99. The van der Waals surface area contributed by atoms with Crippen molar-refractivity contribution in [3.8, 4) is 22.8 Å². The molecule has 0 aliphatic carbocycles. The molecule has 7 heteroatoms. The lowest BCUT2D eigenvalue weighted by Crippen LogP contribution is -2.07. The van der Waals surface area contributed by atoms with E-state index in [1.54, 1.807) is 7.05 Å². The van der Waals surface area contributed by atoms with Gasteiger partial charge in [-0.1, -0.05) is 0 Å². The molecule has 0 amide bonds. The van der Waals surface area contributed by atoms with Gasteiger partial charge in [0.05, 0.1) is 18.9 Å². The van der Waals surface area contributed by atoms with E-state index in [2.05, 4.69) is 5.10 Å². The van der Waals surface area contributed by atoms with E-state index >= 15 is 0 Å². The van der Waals surface area contributed by atoms with Gasteiger partial charge in [-0.3, -0.25) is 4.68 Å². The fourth-order valence-electron chi connectivity index (χ4n) is 2.06. The van der Waals surface area contributed by atoms with Crippen LogP contribution in [0.1, 0.15) is 24.3 Å². The van der Waals surface area contributed by atoms with Crippen molar-refractivity contribution in [3.63, 3.8) is 0 Å². The van der Waals surface area contributed by atoms with Crippen molar-refractivity contribution >= 4 is 5.97 Å². The SMILES string of the molecule is COc1cc(F)c(-c2cc(C(=O)O)nn2C)cc1OC(C)C. The van der Waals surface area contributed by atoms with Crippen LogP contribution < -0.4 is 9.47 Å². The van der Waals surface area contributed by atoms with Gasteiger partial charge >= 0.3 is 5.97 Å². The first-order valence-electron chi connectivity index (χ1n) is 6.65. The topological polar surface area (TPSA) is 73.6 Å². The quantitative estimate of drug-likeness (QED) is 0.919. The first-order valence-corrected chi connectivity index (χ1v) is 6.65. The van der Waals surface area contributed by atoms with E-state index in [1.807, 2.05) is 13.8 Å². The zero-order valence-corrected chi connectivity index (χ0v) is 12.8. The number of carboxylic acids is 1. The molecule has 1 N–H and O–H groups in total. The molecule has 1 aromatic heterocycles. The van der Waals surface area contributed by atoms with Crippen LogP contribution in [0, 0.1) is 5.82 Å². The molecular formula is C15H17FN2O4. The number of carbonyl (C=O) groups is 1. The third-order valence-corrected chi connectivity index (χ3v) is 2.99. The molecule has 22 heavy (non-hydrogen) atoms. The number of aromatic nitrogens is 2. The summed E-state index contributed by atoms with van der Waals surface area (Å²) in [6.07, 6.45) is -0.117. The number of halogens is 1. The number of ether oxygens (including phenoxy) is 2. The highest BCUT2D eigenvalue weighted by Gasteiger charge is 2.19. The van der Waals surface area contributed by atoms with Gasteiger partial charge in [-0.2, -0.15) is 5.10 Å². The van der Waals surface area contributed by atoms with Crippen LogP contribution in [0.4, 0.5) is 4.39 Å². The molecule has 0 atom stereocenters. The van der Waals surface area contributed by atoms with Crippen LogP contribution in [0.3, 0.4) is 0 Å². The summed E-state index contributed by atoms with van der Waals surface area (Å²) in [5, 5.41) is 12.8. The largest absolute Gasteiger partial charge is 0.493 e. The zero-order valence-electron chi connectivity index (χ0n) is 12.8. The molecule has 0 unspecified atom stereocenters. The average Bonchev–Trinajstić information content (AvgIpc) is 2.82. The van der Waals surface area contributed by atoms with E-state index in [0.717, 1.165) is 0 Å². The molecule has 2 aromatic rings. The lowest BCUT2D eigenvalue weighted by molar-refractivity contribution is 0.0689. The van der Waals surface area contributed by atoms with Crippen LogP contribution in [-0.2, 0) is 7.05 Å². The molecule has 0 aliphatic heterocycles. The number of nitrogens with zero attached hydrogens (tertiary/aromatic N) is 2. The van der Waals surface area contributed by atoms with Gasteiger partial charge in [0, 0.05) is 18.7 Å². The molecule has 2 rings (SSSR count). The van der Waals surface area contributed by atoms with E-state index in [4.69, 9.17) is 14.6 Å². The summed E-state index contributed by atoms with van der Waals surface area (Å²) in [5.41, 5.74) is 0.379. The molecule has 0 spiro atoms. The van der Waals surface area contributed by atoms with Crippen molar-refractivity contribution < 1.29 is 23.8 Å². The molecule has 0 saturated carbocycles. The number of aromatic carboxylic acids is 1. The van der Waals surface area contributed by atoms with Crippen molar-refractivity contribution in [2.45, 2.75) is 20.0 Å². The number of aryl methyl sites for hydroxylation is 1. The molecule has 0 radical (unpaired) electrons. The van der Waals surface area contributed by atoms with Gasteiger partial charge in [0.15, 0.2) is 17.2 Å². The summed E-state index contributed by atoms with van der Waals surface area (Å²) in [7, 11) is 2.97. The highest BCUT2D eigenvalue weighted by Crippen LogP contribution is 2.35. The standard InChI is InChI=1S/C15H17FN2O4/c1-8(2)22-14-5-9(10(16)6-13(14)21-4)12-7-11(15(19)20)17-18(12)3/h5-8H,1-4H3,(H,19,20). The summed E-state index contributed by atoms with van der Waals surface area (Å²) in [6.45, 7) is 3.68. The van der Waals surface area contributed by atoms with Crippen molar-refractivity contribution in [1.82, 2.24) is 9.78 Å². The Balaban J connectivity index is 2.57. The molecule has 118 valence electrons. The molecular weight excluding hydrogens is 291 g/mol. The van der Waals surface area contributed by atoms with E-state index < -0.39 is 11.8 Å². The van der Waals surface area contributed by atoms with Gasteiger partial charge in [-0.15, -0.1) is 0 Å². The minimum atomic E-state index is -1.17. The normalized spacial score (nSPS) is 10.8. The Bertz CT molecular complexity index is 710. The Morgan fingerprint density at radius 3 is 2.50 bits per heavy atom. The summed E-state index contributed by atoms with van der Waals surface area (Å²) in [4.78, 5) is 11.0. The Morgan fingerprint density at radius 2 is 2.00 bits per heavy atom. The molecule has 1 aromatic carbocycles. The third kappa shape index (κ3) is 3.03. The Kier molecular flexibility index (Phi) is 4.35. The van der Waals surface area contributed by atoms with Crippen LogP contribution in [0.25, 0.3) is 11.3 Å². The van der Waals surface area contributed by atoms with Gasteiger partial charge in [0.2, 0.25) is 0 Å².